The number of hydrogen-bond donors (Lipinski definition) is 1. The number of para-hydroxylation sites is 1. The summed E-state index contributed by atoms with van der Waals surface area (Å²) in [5.41, 5.74) is 8.73. The van der Waals surface area contributed by atoms with E-state index >= 15 is 0 Å². The lowest BCUT2D eigenvalue weighted by Gasteiger charge is -2.26. The van der Waals surface area contributed by atoms with Gasteiger partial charge in [0.1, 0.15) is 0 Å². The van der Waals surface area contributed by atoms with Crippen LogP contribution in [0.5, 0.6) is 0 Å². The molecule has 3 heteroatoms. The minimum absolute atomic E-state index is 0.540. The molecule has 2 aromatic rings. The van der Waals surface area contributed by atoms with Crippen LogP contribution in [-0.2, 0) is 13.1 Å². The summed E-state index contributed by atoms with van der Waals surface area (Å²) in [4.78, 5) is 2.44. The van der Waals surface area contributed by atoms with Gasteiger partial charge in [-0.05, 0) is 44.4 Å². The Bertz CT molecular complexity index is 583. The third-order valence-electron chi connectivity index (χ3n) is 4.61. The third-order valence-corrected chi connectivity index (χ3v) is 4.61. The normalized spacial score (nSPS) is 17.0. The molecule has 0 bridgehead atoms. The number of aryl methyl sites for hydroxylation is 1. The molecule has 3 rings (SSSR count). The average molecular weight is 271 g/mol. The molecular weight excluding hydrogens is 246 g/mol. The van der Waals surface area contributed by atoms with E-state index in [9.17, 15) is 0 Å². The van der Waals surface area contributed by atoms with Gasteiger partial charge in [-0.3, -0.25) is 4.90 Å². The third kappa shape index (κ3) is 2.48. The van der Waals surface area contributed by atoms with E-state index in [0.717, 1.165) is 25.6 Å². The Labute approximate surface area is 121 Å². The molecule has 1 aromatic heterocycles. The van der Waals surface area contributed by atoms with Crippen molar-refractivity contribution >= 4 is 10.9 Å². The SMILES string of the molecule is CCn1cc(CN(C)C(CN)C2CC2)c2ccccc21. The summed E-state index contributed by atoms with van der Waals surface area (Å²) in [5.74, 6) is 0.824. The molecule has 1 aliphatic carbocycles. The van der Waals surface area contributed by atoms with E-state index in [1.165, 1.54) is 29.3 Å². The molecule has 1 saturated carbocycles. The molecule has 1 heterocycles. The van der Waals surface area contributed by atoms with Gasteiger partial charge in [-0.2, -0.15) is 0 Å². The monoisotopic (exact) mass is 271 g/mol. The fourth-order valence-corrected chi connectivity index (χ4v) is 3.31. The minimum atomic E-state index is 0.540. The molecule has 0 radical (unpaired) electrons. The van der Waals surface area contributed by atoms with Crippen LogP contribution in [0.15, 0.2) is 30.5 Å². The summed E-state index contributed by atoms with van der Waals surface area (Å²) in [5, 5.41) is 1.38. The molecule has 1 unspecified atom stereocenters. The van der Waals surface area contributed by atoms with E-state index in [-0.39, 0.29) is 0 Å². The largest absolute Gasteiger partial charge is 0.347 e. The molecule has 1 aliphatic rings. The van der Waals surface area contributed by atoms with Crippen molar-refractivity contribution in [3.8, 4) is 0 Å². The van der Waals surface area contributed by atoms with Crippen molar-refractivity contribution in [2.75, 3.05) is 13.6 Å². The standard InChI is InChI=1S/C17H25N3/c1-3-20-12-14(15-6-4-5-7-16(15)20)11-19(2)17(10-18)13-8-9-13/h4-7,12-13,17H,3,8-11,18H2,1-2H3. The zero-order chi connectivity index (χ0) is 14.1. The summed E-state index contributed by atoms with van der Waals surface area (Å²) in [6.07, 6.45) is 5.01. The highest BCUT2D eigenvalue weighted by Crippen LogP contribution is 2.35. The van der Waals surface area contributed by atoms with Crippen molar-refractivity contribution in [1.82, 2.24) is 9.47 Å². The lowest BCUT2D eigenvalue weighted by atomic mass is 10.1. The fraction of sp³-hybridized carbons (Fsp3) is 0.529. The summed E-state index contributed by atoms with van der Waals surface area (Å²) >= 11 is 0. The van der Waals surface area contributed by atoms with Crippen LogP contribution in [0.25, 0.3) is 10.9 Å². The molecule has 108 valence electrons. The summed E-state index contributed by atoms with van der Waals surface area (Å²) in [6, 6.07) is 9.24. The Hall–Kier alpha value is -1.32. The first-order chi connectivity index (χ1) is 9.74. The highest BCUT2D eigenvalue weighted by Gasteiger charge is 2.32. The second kappa shape index (κ2) is 5.58. The maximum Gasteiger partial charge on any atom is 0.0483 e. The quantitative estimate of drug-likeness (QED) is 0.876. The molecule has 1 fully saturated rings. The molecule has 0 amide bonds. The molecule has 0 saturated heterocycles. The van der Waals surface area contributed by atoms with Gasteiger partial charge < -0.3 is 10.3 Å². The van der Waals surface area contributed by atoms with Crippen molar-refractivity contribution in [3.05, 3.63) is 36.0 Å². The van der Waals surface area contributed by atoms with Crippen LogP contribution in [0.3, 0.4) is 0 Å². The number of hydrogen-bond acceptors (Lipinski definition) is 2. The average Bonchev–Trinajstić information content (AvgIpc) is 3.23. The van der Waals surface area contributed by atoms with Gasteiger partial charge in [0, 0.05) is 42.8 Å². The first kappa shape index (κ1) is 13.7. The smallest absolute Gasteiger partial charge is 0.0483 e. The van der Waals surface area contributed by atoms with Gasteiger partial charge in [-0.15, -0.1) is 0 Å². The van der Waals surface area contributed by atoms with Crippen molar-refractivity contribution in [1.29, 1.82) is 0 Å². The Morgan fingerprint density at radius 3 is 2.75 bits per heavy atom. The number of likely N-dealkylation sites (N-methyl/N-ethyl adjacent to an activating group) is 1. The maximum atomic E-state index is 5.97. The summed E-state index contributed by atoms with van der Waals surface area (Å²) in [7, 11) is 2.22. The lowest BCUT2D eigenvalue weighted by Crippen LogP contribution is -2.39. The first-order valence-corrected chi connectivity index (χ1v) is 7.71. The number of benzene rings is 1. The van der Waals surface area contributed by atoms with Crippen LogP contribution in [0.2, 0.25) is 0 Å². The van der Waals surface area contributed by atoms with E-state index in [1.54, 1.807) is 0 Å². The summed E-state index contributed by atoms with van der Waals surface area (Å²) in [6.45, 7) is 4.99. The van der Waals surface area contributed by atoms with Gasteiger partial charge in [0.05, 0.1) is 0 Å². The predicted octanol–water partition coefficient (Wildman–Crippen LogP) is 2.83. The lowest BCUT2D eigenvalue weighted by molar-refractivity contribution is 0.216. The number of nitrogens with two attached hydrogens (primary N) is 1. The van der Waals surface area contributed by atoms with Crippen LogP contribution in [0, 0.1) is 5.92 Å². The second-order valence-corrected chi connectivity index (χ2v) is 6.01. The van der Waals surface area contributed by atoms with Crippen LogP contribution in [-0.4, -0.2) is 29.1 Å². The van der Waals surface area contributed by atoms with Gasteiger partial charge >= 0.3 is 0 Å². The second-order valence-electron chi connectivity index (χ2n) is 6.01. The molecule has 1 aromatic carbocycles. The van der Waals surface area contributed by atoms with Crippen LogP contribution < -0.4 is 5.73 Å². The number of fused-ring (bicyclic) bond motifs is 1. The van der Waals surface area contributed by atoms with E-state index < -0.39 is 0 Å². The highest BCUT2D eigenvalue weighted by atomic mass is 15.1. The van der Waals surface area contributed by atoms with Crippen LogP contribution >= 0.6 is 0 Å². The van der Waals surface area contributed by atoms with E-state index in [0.29, 0.717) is 6.04 Å². The van der Waals surface area contributed by atoms with Crippen LogP contribution in [0.1, 0.15) is 25.3 Å². The predicted molar refractivity (Wildman–Crippen MR) is 84.6 cm³/mol. The van der Waals surface area contributed by atoms with Gasteiger partial charge in [0.15, 0.2) is 0 Å². The fourth-order valence-electron chi connectivity index (χ4n) is 3.31. The van der Waals surface area contributed by atoms with Crippen LogP contribution in [0.4, 0.5) is 0 Å². The van der Waals surface area contributed by atoms with Crippen molar-refractivity contribution in [2.45, 2.75) is 38.9 Å². The van der Waals surface area contributed by atoms with Crippen molar-refractivity contribution < 1.29 is 0 Å². The maximum absolute atomic E-state index is 5.97. The van der Waals surface area contributed by atoms with E-state index in [2.05, 4.69) is 53.9 Å². The summed E-state index contributed by atoms with van der Waals surface area (Å²) < 4.78 is 2.34. The molecule has 3 nitrogen and oxygen atoms in total. The number of aromatic nitrogens is 1. The molecule has 20 heavy (non-hydrogen) atoms. The molecular formula is C17H25N3. The highest BCUT2D eigenvalue weighted by molar-refractivity contribution is 5.83. The molecule has 0 aliphatic heterocycles. The van der Waals surface area contributed by atoms with Gasteiger partial charge in [-0.1, -0.05) is 18.2 Å². The van der Waals surface area contributed by atoms with Crippen molar-refractivity contribution in [3.63, 3.8) is 0 Å². The number of rotatable bonds is 6. The van der Waals surface area contributed by atoms with E-state index in [1.807, 2.05) is 0 Å². The van der Waals surface area contributed by atoms with Gasteiger partial charge in [0.25, 0.3) is 0 Å². The minimum Gasteiger partial charge on any atom is -0.347 e. The van der Waals surface area contributed by atoms with E-state index in [4.69, 9.17) is 5.73 Å². The van der Waals surface area contributed by atoms with Gasteiger partial charge in [0.2, 0.25) is 0 Å². The molecule has 2 N–H and O–H groups in total. The molecule has 1 atom stereocenters. The molecule has 0 spiro atoms. The zero-order valence-electron chi connectivity index (χ0n) is 12.5. The van der Waals surface area contributed by atoms with Gasteiger partial charge in [-0.25, -0.2) is 0 Å². The Kier molecular flexibility index (Phi) is 3.81. The first-order valence-electron chi connectivity index (χ1n) is 7.71. The van der Waals surface area contributed by atoms with Crippen molar-refractivity contribution in [2.24, 2.45) is 11.7 Å². The Morgan fingerprint density at radius 2 is 2.10 bits per heavy atom. The number of nitrogens with zero attached hydrogens (tertiary/aromatic N) is 2. The Morgan fingerprint density at radius 1 is 1.35 bits per heavy atom. The zero-order valence-corrected chi connectivity index (χ0v) is 12.5. The Balaban J connectivity index is 1.86. The topological polar surface area (TPSA) is 34.2 Å².